The average Bonchev–Trinajstić information content (AvgIpc) is 2.11. The van der Waals surface area contributed by atoms with E-state index < -0.39 is 0 Å². The fraction of sp³-hybridized carbons (Fsp3) is 1.00. The minimum Gasteiger partial charge on any atom is -0.396 e. The zero-order chi connectivity index (χ0) is 9.94. The van der Waals surface area contributed by atoms with Crippen molar-refractivity contribution in [3.8, 4) is 0 Å². The van der Waals surface area contributed by atoms with Crippen LogP contribution in [0.2, 0.25) is 0 Å². The third-order valence-corrected chi connectivity index (χ3v) is 2.32. The maximum Gasteiger partial charge on any atom is 0.0434 e. The van der Waals surface area contributed by atoms with Crippen LogP contribution in [0.4, 0.5) is 0 Å². The van der Waals surface area contributed by atoms with Crippen LogP contribution in [0, 0.1) is 5.92 Å². The Labute approximate surface area is 82.7 Å². The minimum atomic E-state index is 0.318. The number of rotatable bonds is 9. The molecule has 80 valence electrons. The molecule has 2 heteroatoms. The molecule has 0 heterocycles. The largest absolute Gasteiger partial charge is 0.396 e. The van der Waals surface area contributed by atoms with Crippen LogP contribution in [0.3, 0.4) is 0 Å². The number of unbranched alkanes of at least 4 members (excludes halogenated alkanes) is 3. The number of hydrogen-bond acceptors (Lipinski definition) is 2. The van der Waals surface area contributed by atoms with E-state index in [9.17, 15) is 0 Å². The molecule has 0 saturated heterocycles. The number of hydrogen-bond donors (Lipinski definition) is 2. The van der Waals surface area contributed by atoms with Crippen LogP contribution < -0.4 is 5.32 Å². The Morgan fingerprint density at radius 1 is 1.23 bits per heavy atom. The molecule has 0 amide bonds. The minimum absolute atomic E-state index is 0.318. The van der Waals surface area contributed by atoms with Crippen molar-refractivity contribution in [2.24, 2.45) is 5.92 Å². The summed E-state index contributed by atoms with van der Waals surface area (Å²) in [5, 5.41) is 12.1. The van der Waals surface area contributed by atoms with E-state index >= 15 is 0 Å². The van der Waals surface area contributed by atoms with Gasteiger partial charge in [0.05, 0.1) is 0 Å². The van der Waals surface area contributed by atoms with Crippen LogP contribution in [0.25, 0.3) is 0 Å². The molecule has 0 spiro atoms. The van der Waals surface area contributed by atoms with Crippen molar-refractivity contribution in [2.45, 2.75) is 46.0 Å². The molecular formula is C11H25NO. The van der Waals surface area contributed by atoms with Crippen LogP contribution in [-0.2, 0) is 0 Å². The summed E-state index contributed by atoms with van der Waals surface area (Å²) in [7, 11) is 0. The molecule has 0 aliphatic carbocycles. The van der Waals surface area contributed by atoms with Gasteiger partial charge in [-0.3, -0.25) is 0 Å². The molecule has 0 fully saturated rings. The first kappa shape index (κ1) is 12.9. The smallest absolute Gasteiger partial charge is 0.0434 e. The van der Waals surface area contributed by atoms with Gasteiger partial charge in [-0.2, -0.15) is 0 Å². The Bertz CT molecular complexity index is 96.1. The molecule has 0 aromatic heterocycles. The normalized spacial score (nSPS) is 13.2. The number of aliphatic hydroxyl groups is 1. The van der Waals surface area contributed by atoms with E-state index in [1.165, 1.54) is 25.7 Å². The molecule has 13 heavy (non-hydrogen) atoms. The van der Waals surface area contributed by atoms with Crippen LogP contribution in [0.1, 0.15) is 46.0 Å². The number of aliphatic hydroxyl groups excluding tert-OH is 1. The second-order valence-electron chi connectivity index (χ2n) is 3.88. The van der Waals surface area contributed by atoms with Gasteiger partial charge in [0.2, 0.25) is 0 Å². The molecule has 1 atom stereocenters. The first-order valence-corrected chi connectivity index (χ1v) is 5.62. The van der Waals surface area contributed by atoms with Gasteiger partial charge in [-0.1, -0.05) is 33.1 Å². The van der Waals surface area contributed by atoms with Gasteiger partial charge in [0.15, 0.2) is 0 Å². The highest BCUT2D eigenvalue weighted by Crippen LogP contribution is 1.99. The second-order valence-corrected chi connectivity index (χ2v) is 3.88. The van der Waals surface area contributed by atoms with Gasteiger partial charge >= 0.3 is 0 Å². The van der Waals surface area contributed by atoms with E-state index in [-0.39, 0.29) is 0 Å². The van der Waals surface area contributed by atoms with Crippen LogP contribution in [0.15, 0.2) is 0 Å². The van der Waals surface area contributed by atoms with E-state index in [4.69, 9.17) is 5.11 Å². The Hall–Kier alpha value is -0.0800. The molecule has 0 aromatic carbocycles. The Morgan fingerprint density at radius 3 is 2.62 bits per heavy atom. The van der Waals surface area contributed by atoms with Gasteiger partial charge in [0.1, 0.15) is 0 Å². The van der Waals surface area contributed by atoms with Gasteiger partial charge in [-0.15, -0.1) is 0 Å². The van der Waals surface area contributed by atoms with E-state index in [0.29, 0.717) is 12.5 Å². The van der Waals surface area contributed by atoms with Crippen molar-refractivity contribution in [3.63, 3.8) is 0 Å². The summed E-state index contributed by atoms with van der Waals surface area (Å²) in [6.07, 6.45) is 6.22. The molecule has 2 nitrogen and oxygen atoms in total. The van der Waals surface area contributed by atoms with Gasteiger partial charge < -0.3 is 10.4 Å². The van der Waals surface area contributed by atoms with Gasteiger partial charge in [0.25, 0.3) is 0 Å². The highest BCUT2D eigenvalue weighted by atomic mass is 16.3. The van der Waals surface area contributed by atoms with Crippen LogP contribution in [-0.4, -0.2) is 24.8 Å². The Morgan fingerprint density at radius 2 is 2.00 bits per heavy atom. The Balaban J connectivity index is 2.97. The molecular weight excluding hydrogens is 162 g/mol. The van der Waals surface area contributed by atoms with Crippen molar-refractivity contribution in [3.05, 3.63) is 0 Å². The monoisotopic (exact) mass is 187 g/mol. The standard InChI is InChI=1S/C11H25NO/c1-3-4-5-6-8-12-10-11(2)7-9-13/h11-13H,3-10H2,1-2H3. The van der Waals surface area contributed by atoms with Crippen molar-refractivity contribution in [1.29, 1.82) is 0 Å². The van der Waals surface area contributed by atoms with Crippen molar-refractivity contribution < 1.29 is 5.11 Å². The van der Waals surface area contributed by atoms with Gasteiger partial charge in [-0.25, -0.2) is 0 Å². The van der Waals surface area contributed by atoms with Crippen molar-refractivity contribution >= 4 is 0 Å². The summed E-state index contributed by atoms with van der Waals surface area (Å²) < 4.78 is 0. The highest BCUT2D eigenvalue weighted by Gasteiger charge is 1.99. The molecule has 0 rings (SSSR count). The molecule has 0 aromatic rings. The molecule has 0 radical (unpaired) electrons. The van der Waals surface area contributed by atoms with E-state index in [2.05, 4.69) is 19.2 Å². The van der Waals surface area contributed by atoms with E-state index in [1.54, 1.807) is 0 Å². The Kier molecular flexibility index (Phi) is 9.94. The van der Waals surface area contributed by atoms with Crippen LogP contribution >= 0.6 is 0 Å². The lowest BCUT2D eigenvalue weighted by Gasteiger charge is -2.10. The second kappa shape index (κ2) is 10.0. The summed E-state index contributed by atoms with van der Waals surface area (Å²) in [6.45, 7) is 6.91. The first-order chi connectivity index (χ1) is 6.31. The molecule has 0 aliphatic rings. The highest BCUT2D eigenvalue weighted by molar-refractivity contribution is 4.56. The molecule has 0 bridgehead atoms. The SMILES string of the molecule is CCCCCCNCC(C)CCO. The fourth-order valence-corrected chi connectivity index (χ4v) is 1.35. The average molecular weight is 187 g/mol. The summed E-state index contributed by atoms with van der Waals surface area (Å²) in [5.74, 6) is 0.608. The topological polar surface area (TPSA) is 32.3 Å². The summed E-state index contributed by atoms with van der Waals surface area (Å²) >= 11 is 0. The zero-order valence-corrected chi connectivity index (χ0v) is 9.18. The predicted molar refractivity (Wildman–Crippen MR) is 57.9 cm³/mol. The van der Waals surface area contributed by atoms with E-state index in [0.717, 1.165) is 19.5 Å². The maximum absolute atomic E-state index is 8.68. The summed E-state index contributed by atoms with van der Waals surface area (Å²) in [5.41, 5.74) is 0. The predicted octanol–water partition coefficient (Wildman–Crippen LogP) is 2.17. The summed E-state index contributed by atoms with van der Waals surface area (Å²) in [4.78, 5) is 0. The molecule has 1 unspecified atom stereocenters. The zero-order valence-electron chi connectivity index (χ0n) is 9.18. The van der Waals surface area contributed by atoms with Gasteiger partial charge in [-0.05, 0) is 31.8 Å². The quantitative estimate of drug-likeness (QED) is 0.542. The van der Waals surface area contributed by atoms with Crippen molar-refractivity contribution in [1.82, 2.24) is 5.32 Å². The third kappa shape index (κ3) is 9.84. The maximum atomic E-state index is 8.68. The number of nitrogens with one attached hydrogen (secondary N) is 1. The summed E-state index contributed by atoms with van der Waals surface area (Å²) in [6, 6.07) is 0. The molecule has 0 saturated carbocycles. The fourth-order valence-electron chi connectivity index (χ4n) is 1.35. The third-order valence-electron chi connectivity index (χ3n) is 2.32. The lowest BCUT2D eigenvalue weighted by atomic mass is 10.1. The van der Waals surface area contributed by atoms with Crippen molar-refractivity contribution in [2.75, 3.05) is 19.7 Å². The van der Waals surface area contributed by atoms with E-state index in [1.807, 2.05) is 0 Å². The van der Waals surface area contributed by atoms with Gasteiger partial charge in [0, 0.05) is 6.61 Å². The first-order valence-electron chi connectivity index (χ1n) is 5.62. The molecule has 0 aliphatic heterocycles. The lowest BCUT2D eigenvalue weighted by Crippen LogP contribution is -2.22. The molecule has 2 N–H and O–H groups in total. The lowest BCUT2D eigenvalue weighted by molar-refractivity contribution is 0.260. The van der Waals surface area contributed by atoms with Crippen LogP contribution in [0.5, 0.6) is 0 Å².